The molecule has 0 aromatic carbocycles. The lowest BCUT2D eigenvalue weighted by atomic mass is 10.1. The molecule has 94 valence electrons. The minimum absolute atomic E-state index is 0.197. The van der Waals surface area contributed by atoms with Gasteiger partial charge in [-0.1, -0.05) is 19.3 Å². The monoisotopic (exact) mass is 298 g/mol. The van der Waals surface area contributed by atoms with Crippen LogP contribution in [0.25, 0.3) is 0 Å². The van der Waals surface area contributed by atoms with E-state index in [-0.39, 0.29) is 12.1 Å². The average molecular weight is 299 g/mol. The van der Waals surface area contributed by atoms with Crippen molar-refractivity contribution in [1.82, 2.24) is 10.3 Å². The summed E-state index contributed by atoms with van der Waals surface area (Å²) in [5, 5.41) is 13.4. The van der Waals surface area contributed by atoms with E-state index in [0.29, 0.717) is 0 Å². The first kappa shape index (κ1) is 13.0. The summed E-state index contributed by atoms with van der Waals surface area (Å²) in [5.41, 5.74) is 1.15. The van der Waals surface area contributed by atoms with Crippen LogP contribution in [0.2, 0.25) is 0 Å². The van der Waals surface area contributed by atoms with Gasteiger partial charge >= 0.3 is 0 Å². The number of halogens is 1. The minimum atomic E-state index is -0.197. The van der Waals surface area contributed by atoms with Crippen molar-refractivity contribution in [2.45, 2.75) is 50.8 Å². The van der Waals surface area contributed by atoms with Gasteiger partial charge in [0.15, 0.2) is 0 Å². The Morgan fingerprint density at radius 3 is 2.94 bits per heavy atom. The van der Waals surface area contributed by atoms with Crippen LogP contribution in [-0.2, 0) is 6.54 Å². The third-order valence-electron chi connectivity index (χ3n) is 3.31. The highest BCUT2D eigenvalue weighted by Gasteiger charge is 2.20. The van der Waals surface area contributed by atoms with E-state index < -0.39 is 0 Å². The number of hydrogen-bond donors (Lipinski definition) is 2. The number of aliphatic hydroxyl groups excluding tert-OH is 1. The molecule has 3 nitrogen and oxygen atoms in total. The van der Waals surface area contributed by atoms with E-state index in [1.165, 1.54) is 12.8 Å². The first-order chi connectivity index (χ1) is 8.25. The second-order valence-electron chi connectivity index (χ2n) is 4.70. The first-order valence-corrected chi connectivity index (χ1v) is 7.06. The molecule has 1 aromatic rings. The van der Waals surface area contributed by atoms with E-state index in [1.54, 1.807) is 6.20 Å². The normalized spacial score (nSPS) is 25.5. The fourth-order valence-electron chi connectivity index (χ4n) is 2.33. The summed E-state index contributed by atoms with van der Waals surface area (Å²) in [4.78, 5) is 4.14. The van der Waals surface area contributed by atoms with Gasteiger partial charge in [-0.25, -0.2) is 0 Å². The van der Waals surface area contributed by atoms with Crippen LogP contribution < -0.4 is 5.32 Å². The fourth-order valence-corrected chi connectivity index (χ4v) is 2.74. The maximum Gasteiger partial charge on any atom is 0.0693 e. The topological polar surface area (TPSA) is 45.1 Å². The van der Waals surface area contributed by atoms with Crippen LogP contribution >= 0.6 is 15.9 Å². The number of hydrogen-bond acceptors (Lipinski definition) is 3. The summed E-state index contributed by atoms with van der Waals surface area (Å²) < 4.78 is 0.998. The molecule has 1 heterocycles. The van der Waals surface area contributed by atoms with Gasteiger partial charge in [0.05, 0.1) is 6.10 Å². The molecule has 0 spiro atoms. The number of aromatic nitrogens is 1. The third kappa shape index (κ3) is 4.05. The highest BCUT2D eigenvalue weighted by molar-refractivity contribution is 9.10. The zero-order chi connectivity index (χ0) is 12.1. The van der Waals surface area contributed by atoms with Crippen molar-refractivity contribution in [3.8, 4) is 0 Å². The summed E-state index contributed by atoms with van der Waals surface area (Å²) in [6, 6.07) is 2.29. The second-order valence-corrected chi connectivity index (χ2v) is 5.62. The van der Waals surface area contributed by atoms with Crippen LogP contribution in [0.15, 0.2) is 22.9 Å². The van der Waals surface area contributed by atoms with Crippen molar-refractivity contribution < 1.29 is 5.11 Å². The lowest BCUT2D eigenvalue weighted by molar-refractivity contribution is 0.119. The number of pyridine rings is 1. The molecular formula is C13H19BrN2O. The van der Waals surface area contributed by atoms with Gasteiger partial charge in [-0.05, 0) is 40.4 Å². The molecule has 2 rings (SSSR count). The predicted molar refractivity (Wildman–Crippen MR) is 71.7 cm³/mol. The molecule has 4 heteroatoms. The van der Waals surface area contributed by atoms with Crippen molar-refractivity contribution in [1.29, 1.82) is 0 Å². The molecule has 17 heavy (non-hydrogen) atoms. The van der Waals surface area contributed by atoms with E-state index >= 15 is 0 Å². The quantitative estimate of drug-likeness (QED) is 0.843. The number of rotatable bonds is 3. The third-order valence-corrected chi connectivity index (χ3v) is 3.74. The molecule has 2 unspecified atom stereocenters. The minimum Gasteiger partial charge on any atom is -0.392 e. The van der Waals surface area contributed by atoms with E-state index in [0.717, 1.165) is 35.8 Å². The van der Waals surface area contributed by atoms with Crippen molar-refractivity contribution in [2.75, 3.05) is 0 Å². The van der Waals surface area contributed by atoms with Crippen LogP contribution in [0.1, 0.15) is 37.7 Å². The van der Waals surface area contributed by atoms with Gasteiger partial charge in [0.2, 0.25) is 0 Å². The zero-order valence-corrected chi connectivity index (χ0v) is 11.5. The SMILES string of the molecule is OC1CCCCCC1NCc1cncc(Br)c1. The Morgan fingerprint density at radius 2 is 2.12 bits per heavy atom. The molecule has 2 atom stereocenters. The fraction of sp³-hybridized carbons (Fsp3) is 0.615. The van der Waals surface area contributed by atoms with E-state index in [2.05, 4.69) is 32.3 Å². The average Bonchev–Trinajstić information content (AvgIpc) is 2.52. The van der Waals surface area contributed by atoms with Gasteiger partial charge in [0.25, 0.3) is 0 Å². The largest absolute Gasteiger partial charge is 0.392 e. The Morgan fingerprint density at radius 1 is 1.29 bits per heavy atom. The van der Waals surface area contributed by atoms with Gasteiger partial charge in [-0.3, -0.25) is 4.98 Å². The van der Waals surface area contributed by atoms with Gasteiger partial charge in [-0.2, -0.15) is 0 Å². The second kappa shape index (κ2) is 6.47. The first-order valence-electron chi connectivity index (χ1n) is 6.26. The Kier molecular flexibility index (Phi) is 4.95. The molecule has 1 aromatic heterocycles. The smallest absolute Gasteiger partial charge is 0.0693 e. The summed E-state index contributed by atoms with van der Waals surface area (Å²) in [5.74, 6) is 0. The van der Waals surface area contributed by atoms with Gasteiger partial charge in [0, 0.05) is 29.5 Å². The molecule has 0 amide bonds. The molecule has 1 aliphatic carbocycles. The van der Waals surface area contributed by atoms with E-state index in [9.17, 15) is 5.11 Å². The van der Waals surface area contributed by atoms with E-state index in [1.807, 2.05) is 6.20 Å². The van der Waals surface area contributed by atoms with Crippen LogP contribution in [0.4, 0.5) is 0 Å². The zero-order valence-electron chi connectivity index (χ0n) is 9.90. The van der Waals surface area contributed by atoms with Crippen LogP contribution in [0.3, 0.4) is 0 Å². The summed E-state index contributed by atoms with van der Waals surface area (Å²) in [6.07, 6.45) is 9.05. The Balaban J connectivity index is 1.88. The molecule has 1 fully saturated rings. The molecule has 0 radical (unpaired) electrons. The highest BCUT2D eigenvalue weighted by atomic mass is 79.9. The Labute approximate surface area is 111 Å². The van der Waals surface area contributed by atoms with Crippen molar-refractivity contribution in [3.05, 3.63) is 28.5 Å². The highest BCUT2D eigenvalue weighted by Crippen LogP contribution is 2.18. The van der Waals surface area contributed by atoms with Crippen molar-refractivity contribution >= 4 is 15.9 Å². The molecule has 1 saturated carbocycles. The number of aliphatic hydroxyl groups is 1. The lowest BCUT2D eigenvalue weighted by Crippen LogP contribution is -2.38. The van der Waals surface area contributed by atoms with Crippen LogP contribution in [0, 0.1) is 0 Å². The van der Waals surface area contributed by atoms with Gasteiger partial charge in [-0.15, -0.1) is 0 Å². The van der Waals surface area contributed by atoms with Gasteiger partial charge < -0.3 is 10.4 Å². The lowest BCUT2D eigenvalue weighted by Gasteiger charge is -2.21. The number of nitrogens with zero attached hydrogens (tertiary/aromatic N) is 1. The maximum absolute atomic E-state index is 9.99. The molecule has 2 N–H and O–H groups in total. The van der Waals surface area contributed by atoms with Crippen molar-refractivity contribution in [3.63, 3.8) is 0 Å². The molecular weight excluding hydrogens is 280 g/mol. The molecule has 0 bridgehead atoms. The molecule has 0 saturated heterocycles. The molecule has 0 aliphatic heterocycles. The van der Waals surface area contributed by atoms with Crippen LogP contribution in [0.5, 0.6) is 0 Å². The standard InChI is InChI=1S/C13H19BrN2O/c14-11-6-10(7-15-9-11)8-16-12-4-2-1-3-5-13(12)17/h6-7,9,12-13,16-17H,1-5,8H2. The van der Waals surface area contributed by atoms with E-state index in [4.69, 9.17) is 0 Å². The maximum atomic E-state index is 9.99. The van der Waals surface area contributed by atoms with Crippen LogP contribution in [-0.4, -0.2) is 22.2 Å². The van der Waals surface area contributed by atoms with Gasteiger partial charge in [0.1, 0.15) is 0 Å². The Bertz CT molecular complexity index is 359. The number of nitrogens with one attached hydrogen (secondary N) is 1. The van der Waals surface area contributed by atoms with Crippen molar-refractivity contribution in [2.24, 2.45) is 0 Å². The summed E-state index contributed by atoms with van der Waals surface area (Å²) in [6.45, 7) is 0.772. The molecule has 1 aliphatic rings. The summed E-state index contributed by atoms with van der Waals surface area (Å²) in [7, 11) is 0. The summed E-state index contributed by atoms with van der Waals surface area (Å²) >= 11 is 3.41. The predicted octanol–water partition coefficient (Wildman–Crippen LogP) is 2.63. The Hall–Kier alpha value is -0.450.